The number of carboxylic acids is 1. The maximum Gasteiger partial charge on any atom is 0.482 e. The van der Waals surface area contributed by atoms with Crippen LogP contribution in [0.25, 0.3) is 0 Å². The molecule has 2 aromatic carbocycles. The summed E-state index contributed by atoms with van der Waals surface area (Å²) in [6.07, 6.45) is -19.2. The zero-order valence-corrected chi connectivity index (χ0v) is 22.0. The van der Waals surface area contributed by atoms with Crippen molar-refractivity contribution >= 4 is 12.1 Å². The number of nitrogens with zero attached hydrogens (tertiary/aromatic N) is 1. The van der Waals surface area contributed by atoms with Crippen molar-refractivity contribution in [2.45, 2.75) is 44.3 Å². The molecule has 0 radical (unpaired) electrons. The van der Waals surface area contributed by atoms with E-state index in [0.29, 0.717) is 11.6 Å². The fourth-order valence-corrected chi connectivity index (χ4v) is 3.41. The lowest BCUT2D eigenvalue weighted by Gasteiger charge is -2.24. The van der Waals surface area contributed by atoms with Gasteiger partial charge in [-0.25, -0.2) is 9.59 Å². The van der Waals surface area contributed by atoms with E-state index in [-0.39, 0.29) is 31.9 Å². The van der Waals surface area contributed by atoms with Crippen LogP contribution in [0.15, 0.2) is 48.5 Å². The molecular weight excluding hydrogens is 590 g/mol. The lowest BCUT2D eigenvalue weighted by molar-refractivity contribution is -0.391. The Morgan fingerprint density at radius 3 is 2.12 bits per heavy atom. The Kier molecular flexibility index (Phi) is 12.3. The average molecular weight is 617 g/mol. The van der Waals surface area contributed by atoms with Gasteiger partial charge < -0.3 is 29.0 Å². The summed E-state index contributed by atoms with van der Waals surface area (Å²) in [4.78, 5) is 24.7. The van der Waals surface area contributed by atoms with Gasteiger partial charge in [0.05, 0.1) is 18.7 Å². The van der Waals surface area contributed by atoms with Gasteiger partial charge in [-0.15, -0.1) is 0 Å². The lowest BCUT2D eigenvalue weighted by Crippen LogP contribution is -2.41. The monoisotopic (exact) mass is 617 g/mol. The minimum atomic E-state index is -5.96. The number of carboxylic acid groups (broad SMARTS) is 1. The summed E-state index contributed by atoms with van der Waals surface area (Å²) in [5.74, 6) is -1.73. The summed E-state index contributed by atoms with van der Waals surface area (Å²) in [5.41, 5.74) is -0.662. The van der Waals surface area contributed by atoms with Gasteiger partial charge in [0.1, 0.15) is 18.1 Å². The quantitative estimate of drug-likeness (QED) is 0.189. The molecule has 1 unspecified atom stereocenters. The van der Waals surface area contributed by atoms with Crippen LogP contribution in [0.2, 0.25) is 0 Å². The molecule has 0 saturated heterocycles. The van der Waals surface area contributed by atoms with Crippen LogP contribution in [-0.2, 0) is 26.9 Å². The van der Waals surface area contributed by atoms with Crippen molar-refractivity contribution in [3.63, 3.8) is 0 Å². The van der Waals surface area contributed by atoms with Crippen molar-refractivity contribution in [1.82, 2.24) is 4.90 Å². The van der Waals surface area contributed by atoms with E-state index in [2.05, 4.69) is 4.74 Å². The Hall–Kier alpha value is -3.66. The van der Waals surface area contributed by atoms with Crippen LogP contribution in [0.4, 0.5) is 39.9 Å². The number of benzene rings is 2. The van der Waals surface area contributed by atoms with Crippen LogP contribution < -0.4 is 9.47 Å². The molecule has 0 aliphatic heterocycles. The van der Waals surface area contributed by atoms with Crippen molar-refractivity contribution in [2.75, 3.05) is 32.9 Å². The molecule has 42 heavy (non-hydrogen) atoms. The first-order chi connectivity index (χ1) is 19.5. The largest absolute Gasteiger partial charge is 0.492 e. The van der Waals surface area contributed by atoms with E-state index >= 15 is 0 Å². The fraction of sp³-hybridized carbons (Fsp3) is 0.462. The molecule has 0 spiro atoms. The molecule has 2 rings (SSSR count). The highest BCUT2D eigenvalue weighted by Crippen LogP contribution is 2.37. The SMILES string of the molecule is CCOC(Cc1ccc(OCCN(CCCOC(F)(F)C(F)(F)F)C(=O)Oc2ccccc2C(F)(F)F)cc1)C(=O)O. The maximum absolute atomic E-state index is 13.3. The Balaban J connectivity index is 2.06. The maximum atomic E-state index is 13.3. The van der Waals surface area contributed by atoms with Gasteiger partial charge in [-0.3, -0.25) is 0 Å². The number of para-hydroxylation sites is 1. The Labute approximate surface area is 234 Å². The molecule has 0 aliphatic carbocycles. The third-order valence-electron chi connectivity index (χ3n) is 5.45. The van der Waals surface area contributed by atoms with Gasteiger partial charge >= 0.3 is 30.5 Å². The number of rotatable bonds is 15. The van der Waals surface area contributed by atoms with E-state index in [1.54, 1.807) is 19.1 Å². The molecule has 2 aromatic rings. The van der Waals surface area contributed by atoms with Crippen molar-refractivity contribution in [3.8, 4) is 11.5 Å². The van der Waals surface area contributed by atoms with Crippen molar-refractivity contribution < 1.29 is 68.8 Å². The summed E-state index contributed by atoms with van der Waals surface area (Å²) < 4.78 is 122. The number of aliphatic carboxylic acids is 1. The van der Waals surface area contributed by atoms with Crippen molar-refractivity contribution in [3.05, 3.63) is 59.7 Å². The molecule has 0 aromatic heterocycles. The second-order valence-electron chi connectivity index (χ2n) is 8.54. The van der Waals surface area contributed by atoms with Crippen LogP contribution in [0.1, 0.15) is 24.5 Å². The fourth-order valence-electron chi connectivity index (χ4n) is 3.41. The third kappa shape index (κ3) is 10.6. The van der Waals surface area contributed by atoms with E-state index in [9.17, 15) is 49.8 Å². The summed E-state index contributed by atoms with van der Waals surface area (Å²) in [7, 11) is 0. The minimum absolute atomic E-state index is 0.0674. The standard InChI is InChI=1S/C26H27F8NO7/c1-2-39-21(22(36)37)16-17-8-10-18(11-9-17)40-15-13-35(12-5-14-41-26(33,34)25(30,31)32)23(38)42-20-7-4-3-6-19(20)24(27,28)29/h3-4,6-11,21H,2,5,12-16H2,1H3,(H,36,37). The summed E-state index contributed by atoms with van der Waals surface area (Å²) in [6.45, 7) is -0.489. The van der Waals surface area contributed by atoms with Gasteiger partial charge in [0.15, 0.2) is 6.10 Å². The van der Waals surface area contributed by atoms with Gasteiger partial charge in [0, 0.05) is 19.6 Å². The van der Waals surface area contributed by atoms with Crippen LogP contribution >= 0.6 is 0 Å². The first-order valence-electron chi connectivity index (χ1n) is 12.3. The summed E-state index contributed by atoms with van der Waals surface area (Å²) in [6, 6.07) is 9.86. The van der Waals surface area contributed by atoms with Gasteiger partial charge in [-0.1, -0.05) is 24.3 Å². The van der Waals surface area contributed by atoms with Gasteiger partial charge in [0.2, 0.25) is 0 Å². The second kappa shape index (κ2) is 15.0. The zero-order valence-electron chi connectivity index (χ0n) is 22.0. The van der Waals surface area contributed by atoms with Crippen LogP contribution in [-0.4, -0.2) is 73.4 Å². The Morgan fingerprint density at radius 1 is 0.905 bits per heavy atom. The second-order valence-corrected chi connectivity index (χ2v) is 8.54. The predicted molar refractivity (Wildman–Crippen MR) is 129 cm³/mol. The van der Waals surface area contributed by atoms with Crippen LogP contribution in [0.5, 0.6) is 11.5 Å². The first-order valence-corrected chi connectivity index (χ1v) is 12.3. The Bertz CT molecular complexity index is 1160. The molecule has 8 nitrogen and oxygen atoms in total. The van der Waals surface area contributed by atoms with Crippen molar-refractivity contribution in [2.24, 2.45) is 0 Å². The van der Waals surface area contributed by atoms with Gasteiger partial charge in [-0.05, 0) is 43.2 Å². The molecule has 234 valence electrons. The number of ether oxygens (including phenoxy) is 4. The molecule has 0 heterocycles. The number of carbonyl (C=O) groups is 2. The third-order valence-corrected chi connectivity index (χ3v) is 5.45. The number of carbonyl (C=O) groups excluding carboxylic acids is 1. The number of hydrogen-bond donors (Lipinski definition) is 1. The molecule has 1 atom stereocenters. The predicted octanol–water partition coefficient (Wildman–Crippen LogP) is 6.18. The summed E-state index contributed by atoms with van der Waals surface area (Å²) in [5, 5.41) is 9.19. The highest BCUT2D eigenvalue weighted by atomic mass is 19.4. The minimum Gasteiger partial charge on any atom is -0.492 e. The van der Waals surface area contributed by atoms with Crippen LogP contribution in [0.3, 0.4) is 0 Å². The molecule has 16 heteroatoms. The highest BCUT2D eigenvalue weighted by molar-refractivity contribution is 5.72. The zero-order chi connectivity index (χ0) is 31.6. The highest BCUT2D eigenvalue weighted by Gasteiger charge is 2.59. The van der Waals surface area contributed by atoms with Gasteiger partial charge in [-0.2, -0.15) is 35.1 Å². The molecule has 1 N–H and O–H groups in total. The lowest BCUT2D eigenvalue weighted by atomic mass is 10.1. The molecule has 0 fully saturated rings. The number of hydrogen-bond acceptors (Lipinski definition) is 6. The smallest absolute Gasteiger partial charge is 0.482 e. The van der Waals surface area contributed by atoms with Gasteiger partial charge in [0.25, 0.3) is 0 Å². The van der Waals surface area contributed by atoms with E-state index in [1.165, 1.54) is 18.2 Å². The molecule has 0 aliphatic rings. The van der Waals surface area contributed by atoms with E-state index < -0.39 is 67.5 Å². The first kappa shape index (κ1) is 34.5. The van der Waals surface area contributed by atoms with Crippen LogP contribution in [0, 0.1) is 0 Å². The average Bonchev–Trinajstić information content (AvgIpc) is 2.89. The molecule has 1 amide bonds. The summed E-state index contributed by atoms with van der Waals surface area (Å²) >= 11 is 0. The van der Waals surface area contributed by atoms with E-state index in [1.807, 2.05) is 0 Å². The van der Waals surface area contributed by atoms with E-state index in [4.69, 9.17) is 14.2 Å². The molecular formula is C26H27F8NO7. The van der Waals surface area contributed by atoms with Crippen molar-refractivity contribution in [1.29, 1.82) is 0 Å². The number of halogens is 8. The molecule has 0 bridgehead atoms. The molecule has 0 saturated carbocycles. The number of alkyl halides is 8. The number of amides is 1. The normalized spacial score (nSPS) is 13.0. The van der Waals surface area contributed by atoms with E-state index in [0.717, 1.165) is 17.0 Å². The Morgan fingerprint density at radius 2 is 1.55 bits per heavy atom. The topological polar surface area (TPSA) is 94.5 Å².